The van der Waals surface area contributed by atoms with Crippen LogP contribution in [0.3, 0.4) is 0 Å². The molecule has 1 aliphatic carbocycles. The number of hydrogen-bond acceptors (Lipinski definition) is 3. The molecule has 0 saturated heterocycles. The van der Waals surface area contributed by atoms with Gasteiger partial charge in [-0.1, -0.05) is 36.4 Å². The zero-order valence-electron chi connectivity index (χ0n) is 16.1. The second-order valence-corrected chi connectivity index (χ2v) is 7.39. The number of nitrogens with zero attached hydrogens (tertiary/aromatic N) is 3. The van der Waals surface area contributed by atoms with E-state index in [1.54, 1.807) is 12.1 Å². The Kier molecular flexibility index (Phi) is 4.82. The van der Waals surface area contributed by atoms with Crippen LogP contribution in [0.2, 0.25) is 0 Å². The van der Waals surface area contributed by atoms with Gasteiger partial charge in [0.2, 0.25) is 0 Å². The van der Waals surface area contributed by atoms with Gasteiger partial charge in [-0.2, -0.15) is 9.78 Å². The van der Waals surface area contributed by atoms with Gasteiger partial charge in [-0.25, -0.2) is 0 Å². The summed E-state index contributed by atoms with van der Waals surface area (Å²) in [6.07, 6.45) is 2.02. The van der Waals surface area contributed by atoms with Gasteiger partial charge in [-0.3, -0.25) is 9.59 Å². The summed E-state index contributed by atoms with van der Waals surface area (Å²) < 4.78 is 1.29. The summed E-state index contributed by atoms with van der Waals surface area (Å²) in [5.74, 6) is -0.134. The molecule has 0 radical (unpaired) electrons. The Balaban J connectivity index is 1.64. The number of carbonyl (C=O) groups excluding carboxylic acids is 1. The normalized spacial score (nSPS) is 13.4. The summed E-state index contributed by atoms with van der Waals surface area (Å²) in [6, 6.07) is 18.6. The zero-order chi connectivity index (χ0) is 19.7. The summed E-state index contributed by atoms with van der Waals surface area (Å²) in [5.41, 5.74) is 4.25. The van der Waals surface area contributed by atoms with Gasteiger partial charge < -0.3 is 4.90 Å². The van der Waals surface area contributed by atoms with Crippen LogP contribution in [0.5, 0.6) is 0 Å². The van der Waals surface area contributed by atoms with Gasteiger partial charge in [0.05, 0.1) is 5.69 Å². The predicted molar refractivity (Wildman–Crippen MR) is 109 cm³/mol. The summed E-state index contributed by atoms with van der Waals surface area (Å²) in [7, 11) is 0. The van der Waals surface area contributed by atoms with Crippen molar-refractivity contribution in [2.24, 2.45) is 0 Å². The van der Waals surface area contributed by atoms with E-state index in [9.17, 15) is 9.59 Å². The fraction of sp³-hybridized carbons (Fsp3) is 0.261. The minimum Gasteiger partial charge on any atom is -0.330 e. The Bertz CT molecular complexity index is 1070. The Morgan fingerprint density at radius 1 is 1.04 bits per heavy atom. The summed E-state index contributed by atoms with van der Waals surface area (Å²) in [5, 5.41) is 4.36. The van der Waals surface area contributed by atoms with Crippen LogP contribution >= 0.6 is 0 Å². The van der Waals surface area contributed by atoms with Gasteiger partial charge in [-0.15, -0.1) is 0 Å². The molecule has 0 spiro atoms. The van der Waals surface area contributed by atoms with Crippen LogP contribution in [0.1, 0.15) is 40.0 Å². The average Bonchev–Trinajstić information content (AvgIpc) is 3.54. The van der Waals surface area contributed by atoms with Gasteiger partial charge in [0, 0.05) is 18.7 Å². The van der Waals surface area contributed by atoms with E-state index in [2.05, 4.69) is 37.1 Å². The molecule has 4 rings (SSSR count). The first-order chi connectivity index (χ1) is 13.5. The number of rotatable bonds is 5. The Hall–Kier alpha value is -3.21. The lowest BCUT2D eigenvalue weighted by Crippen LogP contribution is -2.35. The van der Waals surface area contributed by atoms with Crippen molar-refractivity contribution in [1.82, 2.24) is 14.7 Å². The summed E-state index contributed by atoms with van der Waals surface area (Å²) in [4.78, 5) is 27.4. The van der Waals surface area contributed by atoms with Gasteiger partial charge in [-0.05, 0) is 61.6 Å². The summed E-state index contributed by atoms with van der Waals surface area (Å²) >= 11 is 0. The highest BCUT2D eigenvalue weighted by atomic mass is 16.2. The van der Waals surface area contributed by atoms with Crippen LogP contribution in [0.4, 0.5) is 0 Å². The monoisotopic (exact) mass is 373 g/mol. The average molecular weight is 373 g/mol. The molecule has 5 nitrogen and oxygen atoms in total. The molecular weight excluding hydrogens is 350 g/mol. The number of amides is 1. The van der Waals surface area contributed by atoms with Crippen LogP contribution in [-0.4, -0.2) is 26.6 Å². The number of aryl methyl sites for hydroxylation is 2. The largest absolute Gasteiger partial charge is 0.330 e. The van der Waals surface area contributed by atoms with Crippen molar-refractivity contribution >= 4 is 5.91 Å². The molecule has 1 heterocycles. The molecule has 0 aliphatic heterocycles. The second-order valence-electron chi connectivity index (χ2n) is 7.39. The Labute approximate surface area is 164 Å². The van der Waals surface area contributed by atoms with E-state index in [1.807, 2.05) is 23.1 Å². The molecule has 0 atom stereocenters. The van der Waals surface area contributed by atoms with Crippen LogP contribution in [-0.2, 0) is 6.54 Å². The Morgan fingerprint density at radius 2 is 1.79 bits per heavy atom. The fourth-order valence-electron chi connectivity index (χ4n) is 3.28. The molecule has 3 aromatic rings. The topological polar surface area (TPSA) is 55.2 Å². The lowest BCUT2D eigenvalue weighted by atomic mass is 10.1. The highest BCUT2D eigenvalue weighted by Crippen LogP contribution is 2.30. The van der Waals surface area contributed by atoms with E-state index in [0.29, 0.717) is 17.9 Å². The van der Waals surface area contributed by atoms with Crippen molar-refractivity contribution < 1.29 is 4.79 Å². The Morgan fingerprint density at radius 3 is 2.46 bits per heavy atom. The molecule has 142 valence electrons. The number of hydrogen-bond donors (Lipinski definition) is 0. The van der Waals surface area contributed by atoms with Crippen molar-refractivity contribution in [3.05, 3.63) is 93.4 Å². The van der Waals surface area contributed by atoms with Crippen molar-refractivity contribution in [2.45, 2.75) is 39.3 Å². The third-order valence-corrected chi connectivity index (χ3v) is 5.19. The molecule has 1 fully saturated rings. The van der Waals surface area contributed by atoms with Gasteiger partial charge >= 0.3 is 0 Å². The van der Waals surface area contributed by atoms with Crippen LogP contribution in [0.15, 0.2) is 65.5 Å². The molecule has 0 unspecified atom stereocenters. The quantitative estimate of drug-likeness (QED) is 0.686. The third kappa shape index (κ3) is 3.74. The lowest BCUT2D eigenvalue weighted by Gasteiger charge is -2.23. The molecule has 1 aliphatic rings. The maximum Gasteiger partial charge on any atom is 0.274 e. The maximum absolute atomic E-state index is 13.2. The highest BCUT2D eigenvalue weighted by Gasteiger charge is 2.34. The minimum atomic E-state index is -0.255. The zero-order valence-corrected chi connectivity index (χ0v) is 16.1. The second kappa shape index (κ2) is 7.43. The number of carbonyl (C=O) groups is 1. The van der Waals surface area contributed by atoms with Crippen molar-refractivity contribution in [1.29, 1.82) is 0 Å². The first kappa shape index (κ1) is 18.2. The molecule has 1 amide bonds. The third-order valence-electron chi connectivity index (χ3n) is 5.19. The number of para-hydroxylation sites is 1. The van der Waals surface area contributed by atoms with E-state index in [-0.39, 0.29) is 17.5 Å². The molecule has 1 aromatic heterocycles. The highest BCUT2D eigenvalue weighted by molar-refractivity contribution is 5.92. The summed E-state index contributed by atoms with van der Waals surface area (Å²) in [6.45, 7) is 4.72. The van der Waals surface area contributed by atoms with Crippen molar-refractivity contribution in [3.8, 4) is 5.69 Å². The molecular formula is C23H23N3O2. The van der Waals surface area contributed by atoms with Gasteiger partial charge in [0.1, 0.15) is 5.69 Å². The van der Waals surface area contributed by atoms with Crippen LogP contribution < -0.4 is 5.56 Å². The van der Waals surface area contributed by atoms with E-state index in [0.717, 1.165) is 18.4 Å². The van der Waals surface area contributed by atoms with Crippen molar-refractivity contribution in [3.63, 3.8) is 0 Å². The van der Waals surface area contributed by atoms with Crippen LogP contribution in [0, 0.1) is 13.8 Å². The smallest absolute Gasteiger partial charge is 0.274 e. The van der Waals surface area contributed by atoms with E-state index < -0.39 is 0 Å². The van der Waals surface area contributed by atoms with Gasteiger partial charge in [0.15, 0.2) is 0 Å². The molecule has 0 N–H and O–H groups in total. The molecule has 2 aromatic carbocycles. The van der Waals surface area contributed by atoms with E-state index in [1.165, 1.54) is 27.9 Å². The predicted octanol–water partition coefficient (Wildman–Crippen LogP) is 3.65. The van der Waals surface area contributed by atoms with Crippen molar-refractivity contribution in [2.75, 3.05) is 0 Å². The van der Waals surface area contributed by atoms with E-state index >= 15 is 0 Å². The molecule has 0 bridgehead atoms. The minimum absolute atomic E-state index is 0.134. The fourth-order valence-corrected chi connectivity index (χ4v) is 3.28. The molecule has 28 heavy (non-hydrogen) atoms. The standard InChI is InChI=1S/C23H23N3O2/c1-16-8-9-18(14-17(16)2)15-25(19-10-11-19)23(28)21-12-13-22(27)26(24-21)20-6-4-3-5-7-20/h3-9,12-14,19H,10-11,15H2,1-2H3. The number of aromatic nitrogens is 2. The van der Waals surface area contributed by atoms with E-state index in [4.69, 9.17) is 0 Å². The molecule has 5 heteroatoms. The van der Waals surface area contributed by atoms with Gasteiger partial charge in [0.25, 0.3) is 11.5 Å². The molecule has 1 saturated carbocycles. The first-order valence-electron chi connectivity index (χ1n) is 9.56. The maximum atomic E-state index is 13.2. The van der Waals surface area contributed by atoms with Crippen LogP contribution in [0.25, 0.3) is 5.69 Å². The lowest BCUT2D eigenvalue weighted by molar-refractivity contribution is 0.0721. The first-order valence-corrected chi connectivity index (χ1v) is 9.56. The number of benzene rings is 2. The SMILES string of the molecule is Cc1ccc(CN(C(=O)c2ccc(=O)n(-c3ccccc3)n2)C2CC2)cc1C.